The van der Waals surface area contributed by atoms with Crippen molar-refractivity contribution in [3.8, 4) is 0 Å². The Kier molecular flexibility index (Phi) is 5.69. The number of aliphatic carboxylic acids is 1. The fourth-order valence-corrected chi connectivity index (χ4v) is 4.35. The van der Waals surface area contributed by atoms with Gasteiger partial charge in [0, 0.05) is 0 Å². The Balaban J connectivity index is 2.00. The summed E-state index contributed by atoms with van der Waals surface area (Å²) in [6.07, 6.45) is 0. The maximum atomic E-state index is 11.4. The third-order valence-corrected chi connectivity index (χ3v) is 5.52. The van der Waals surface area contributed by atoms with E-state index in [4.69, 9.17) is 0 Å². The zero-order chi connectivity index (χ0) is 15.9. The standard InChI is InChI=1S/C16H15NO4Se/c18-16(19)15(11-22-10-12-4-2-1-3-5-12)13-6-8-14(9-7-13)17(20)21/h1-9,15H,10-11H2,(H,18,19). The Bertz CT molecular complexity index is 643. The summed E-state index contributed by atoms with van der Waals surface area (Å²) in [4.78, 5) is 21.6. The Hall–Kier alpha value is -2.17. The molecule has 2 rings (SSSR count). The zero-order valence-electron chi connectivity index (χ0n) is 11.7. The average molecular weight is 364 g/mol. The molecule has 0 spiro atoms. The third-order valence-electron chi connectivity index (χ3n) is 3.20. The van der Waals surface area contributed by atoms with Gasteiger partial charge in [0.15, 0.2) is 0 Å². The minimum atomic E-state index is -0.885. The van der Waals surface area contributed by atoms with E-state index >= 15 is 0 Å². The molecular weight excluding hydrogens is 349 g/mol. The molecule has 1 N–H and O–H groups in total. The molecule has 0 aliphatic carbocycles. The number of carboxylic acids is 1. The van der Waals surface area contributed by atoms with Crippen LogP contribution in [0.1, 0.15) is 17.0 Å². The fourth-order valence-electron chi connectivity index (χ4n) is 2.01. The summed E-state index contributed by atoms with van der Waals surface area (Å²) < 4.78 is 0. The van der Waals surface area contributed by atoms with Crippen LogP contribution in [-0.4, -0.2) is 31.0 Å². The molecule has 114 valence electrons. The van der Waals surface area contributed by atoms with E-state index in [1.807, 2.05) is 30.3 Å². The molecule has 6 heteroatoms. The first-order chi connectivity index (χ1) is 10.6. The van der Waals surface area contributed by atoms with Crippen molar-refractivity contribution in [1.82, 2.24) is 0 Å². The number of nitrogens with zero attached hydrogens (tertiary/aromatic N) is 1. The van der Waals surface area contributed by atoms with Gasteiger partial charge < -0.3 is 0 Å². The molecule has 1 atom stereocenters. The zero-order valence-corrected chi connectivity index (χ0v) is 13.4. The van der Waals surface area contributed by atoms with Crippen LogP contribution in [-0.2, 0) is 10.1 Å². The molecule has 0 radical (unpaired) electrons. The van der Waals surface area contributed by atoms with Crippen molar-refractivity contribution >= 4 is 26.6 Å². The third kappa shape index (κ3) is 4.41. The maximum absolute atomic E-state index is 11.4. The second-order valence-corrected chi connectivity index (χ2v) is 6.90. The molecule has 0 aromatic heterocycles. The van der Waals surface area contributed by atoms with Crippen LogP contribution in [0.3, 0.4) is 0 Å². The molecule has 5 nitrogen and oxygen atoms in total. The molecule has 2 aromatic carbocycles. The molecule has 0 saturated heterocycles. The normalized spacial score (nSPS) is 11.8. The van der Waals surface area contributed by atoms with Gasteiger partial charge in [-0.15, -0.1) is 0 Å². The Morgan fingerprint density at radius 2 is 1.77 bits per heavy atom. The van der Waals surface area contributed by atoms with Crippen LogP contribution in [0.5, 0.6) is 0 Å². The van der Waals surface area contributed by atoms with Crippen LogP contribution in [0.25, 0.3) is 0 Å². The van der Waals surface area contributed by atoms with Gasteiger partial charge in [-0.1, -0.05) is 0 Å². The number of non-ortho nitro benzene ring substituents is 1. The van der Waals surface area contributed by atoms with Gasteiger partial charge in [-0.25, -0.2) is 0 Å². The fraction of sp³-hybridized carbons (Fsp3) is 0.188. The number of nitro groups is 1. The predicted octanol–water partition coefficient (Wildman–Crippen LogP) is 3.09. The monoisotopic (exact) mass is 365 g/mol. The summed E-state index contributed by atoms with van der Waals surface area (Å²) in [6, 6.07) is 15.7. The number of hydrogen-bond donors (Lipinski definition) is 1. The summed E-state index contributed by atoms with van der Waals surface area (Å²) in [5, 5.41) is 21.5. The first kappa shape index (κ1) is 16.2. The quantitative estimate of drug-likeness (QED) is 0.465. The second-order valence-electron chi connectivity index (χ2n) is 4.74. The molecule has 0 amide bonds. The average Bonchev–Trinajstić information content (AvgIpc) is 2.52. The number of carboxylic acid groups (broad SMARTS) is 1. The van der Waals surface area contributed by atoms with Crippen LogP contribution in [0.2, 0.25) is 5.32 Å². The van der Waals surface area contributed by atoms with Crippen LogP contribution in [0.4, 0.5) is 5.69 Å². The molecule has 0 aliphatic heterocycles. The van der Waals surface area contributed by atoms with Crippen molar-refractivity contribution < 1.29 is 14.8 Å². The van der Waals surface area contributed by atoms with Crippen molar-refractivity contribution in [2.24, 2.45) is 0 Å². The van der Waals surface area contributed by atoms with Crippen LogP contribution in [0.15, 0.2) is 54.6 Å². The van der Waals surface area contributed by atoms with Crippen LogP contribution < -0.4 is 0 Å². The summed E-state index contributed by atoms with van der Waals surface area (Å²) in [5.74, 6) is -1.49. The van der Waals surface area contributed by atoms with Crippen molar-refractivity contribution in [1.29, 1.82) is 0 Å². The SMILES string of the molecule is O=C(O)C(C[Se]Cc1ccccc1)c1ccc([N+](=O)[O-])cc1. The number of benzene rings is 2. The van der Waals surface area contributed by atoms with Gasteiger partial charge in [0.25, 0.3) is 0 Å². The van der Waals surface area contributed by atoms with Gasteiger partial charge in [-0.05, 0) is 0 Å². The molecule has 0 heterocycles. The number of nitro benzene ring substituents is 1. The van der Waals surface area contributed by atoms with Crippen molar-refractivity contribution in [2.45, 2.75) is 16.6 Å². The molecule has 0 bridgehead atoms. The number of carbonyl (C=O) groups is 1. The summed E-state index contributed by atoms with van der Waals surface area (Å²) in [6.45, 7) is 0. The Morgan fingerprint density at radius 3 is 2.32 bits per heavy atom. The number of hydrogen-bond acceptors (Lipinski definition) is 3. The van der Waals surface area contributed by atoms with Crippen LogP contribution in [0, 0.1) is 10.1 Å². The summed E-state index contributed by atoms with van der Waals surface area (Å²) in [7, 11) is 0. The molecule has 0 fully saturated rings. The molecule has 0 aliphatic rings. The van der Waals surface area contributed by atoms with Crippen molar-refractivity contribution in [3.05, 3.63) is 75.8 Å². The molecule has 2 aromatic rings. The van der Waals surface area contributed by atoms with Gasteiger partial charge in [0.2, 0.25) is 0 Å². The summed E-state index contributed by atoms with van der Waals surface area (Å²) >= 11 is 0.159. The van der Waals surface area contributed by atoms with E-state index < -0.39 is 16.8 Å². The van der Waals surface area contributed by atoms with Gasteiger partial charge in [0.1, 0.15) is 0 Å². The molecule has 1 unspecified atom stereocenters. The molecular formula is C16H15NO4Se. The number of rotatable bonds is 7. The Morgan fingerprint density at radius 1 is 1.14 bits per heavy atom. The van der Waals surface area contributed by atoms with E-state index in [1.54, 1.807) is 0 Å². The minimum absolute atomic E-state index is 0.0253. The van der Waals surface area contributed by atoms with Gasteiger partial charge >= 0.3 is 134 Å². The van der Waals surface area contributed by atoms with Crippen LogP contribution >= 0.6 is 0 Å². The van der Waals surface area contributed by atoms with Crippen molar-refractivity contribution in [2.75, 3.05) is 0 Å². The molecule has 0 saturated carbocycles. The molecule has 22 heavy (non-hydrogen) atoms. The van der Waals surface area contributed by atoms with E-state index in [9.17, 15) is 20.0 Å². The topological polar surface area (TPSA) is 80.4 Å². The van der Waals surface area contributed by atoms with Crippen molar-refractivity contribution in [3.63, 3.8) is 0 Å². The summed E-state index contributed by atoms with van der Waals surface area (Å²) in [5.41, 5.74) is 1.80. The van der Waals surface area contributed by atoms with E-state index in [-0.39, 0.29) is 20.6 Å². The van der Waals surface area contributed by atoms with E-state index in [0.29, 0.717) is 10.9 Å². The van der Waals surface area contributed by atoms with E-state index in [0.717, 1.165) is 5.32 Å². The Labute approximate surface area is 134 Å². The first-order valence-corrected chi connectivity index (χ1v) is 9.09. The van der Waals surface area contributed by atoms with E-state index in [2.05, 4.69) is 0 Å². The van der Waals surface area contributed by atoms with Gasteiger partial charge in [-0.3, -0.25) is 0 Å². The first-order valence-electron chi connectivity index (χ1n) is 6.67. The van der Waals surface area contributed by atoms with Gasteiger partial charge in [0.05, 0.1) is 0 Å². The second kappa shape index (κ2) is 7.73. The van der Waals surface area contributed by atoms with Gasteiger partial charge in [-0.2, -0.15) is 0 Å². The van der Waals surface area contributed by atoms with E-state index in [1.165, 1.54) is 29.8 Å². The predicted molar refractivity (Wildman–Crippen MR) is 84.2 cm³/mol.